The Kier molecular flexibility index (Phi) is 3.84. The normalized spacial score (nSPS) is 18.1. The standard InChI is InChI=1S/C12H15N3O4/c1-15(6-8-4-5-19-7-8)10(16)3-2-9-11(17)14-12(18)13-9/h4-5,7,9H,2-3,6H2,1H3,(H2,13,14,17,18). The molecule has 0 bridgehead atoms. The molecule has 4 amide bonds. The summed E-state index contributed by atoms with van der Waals surface area (Å²) in [5.41, 5.74) is 0.905. The summed E-state index contributed by atoms with van der Waals surface area (Å²) >= 11 is 0. The highest BCUT2D eigenvalue weighted by molar-refractivity contribution is 6.04. The van der Waals surface area contributed by atoms with Gasteiger partial charge in [-0.2, -0.15) is 0 Å². The van der Waals surface area contributed by atoms with Crippen LogP contribution in [-0.2, 0) is 16.1 Å². The topological polar surface area (TPSA) is 91.7 Å². The molecule has 1 aliphatic heterocycles. The molecule has 0 aromatic carbocycles. The Labute approximate surface area is 109 Å². The SMILES string of the molecule is CN(Cc1ccoc1)C(=O)CCC1NC(=O)NC1=O. The lowest BCUT2D eigenvalue weighted by atomic mass is 10.1. The van der Waals surface area contributed by atoms with Gasteiger partial charge in [-0.1, -0.05) is 0 Å². The van der Waals surface area contributed by atoms with Gasteiger partial charge in [0.25, 0.3) is 5.91 Å². The highest BCUT2D eigenvalue weighted by Gasteiger charge is 2.29. The Morgan fingerprint density at radius 2 is 2.26 bits per heavy atom. The first-order valence-corrected chi connectivity index (χ1v) is 5.92. The number of hydrogen-bond donors (Lipinski definition) is 2. The van der Waals surface area contributed by atoms with Gasteiger partial charge in [0.2, 0.25) is 5.91 Å². The third-order valence-electron chi connectivity index (χ3n) is 2.93. The zero-order valence-electron chi connectivity index (χ0n) is 10.5. The van der Waals surface area contributed by atoms with Gasteiger partial charge in [0.1, 0.15) is 6.04 Å². The van der Waals surface area contributed by atoms with Gasteiger partial charge >= 0.3 is 6.03 Å². The van der Waals surface area contributed by atoms with Crippen molar-refractivity contribution in [2.24, 2.45) is 0 Å². The van der Waals surface area contributed by atoms with Gasteiger partial charge in [-0.15, -0.1) is 0 Å². The third-order valence-corrected chi connectivity index (χ3v) is 2.93. The molecule has 1 aliphatic rings. The molecule has 2 heterocycles. The number of carbonyl (C=O) groups excluding carboxylic acids is 3. The van der Waals surface area contributed by atoms with Crippen molar-refractivity contribution < 1.29 is 18.8 Å². The summed E-state index contributed by atoms with van der Waals surface area (Å²) in [7, 11) is 1.68. The molecule has 0 radical (unpaired) electrons. The summed E-state index contributed by atoms with van der Waals surface area (Å²) < 4.78 is 4.92. The van der Waals surface area contributed by atoms with Crippen LogP contribution in [0.5, 0.6) is 0 Å². The molecule has 1 aromatic heterocycles. The van der Waals surface area contributed by atoms with Crippen molar-refractivity contribution in [2.45, 2.75) is 25.4 Å². The first kappa shape index (κ1) is 13.1. The van der Waals surface area contributed by atoms with Gasteiger partial charge in [-0.3, -0.25) is 14.9 Å². The van der Waals surface area contributed by atoms with Crippen LogP contribution >= 0.6 is 0 Å². The molecule has 1 saturated heterocycles. The molecule has 1 atom stereocenters. The second-order valence-electron chi connectivity index (χ2n) is 4.44. The van der Waals surface area contributed by atoms with E-state index >= 15 is 0 Å². The molecule has 1 unspecified atom stereocenters. The van der Waals surface area contributed by atoms with Crippen molar-refractivity contribution in [1.29, 1.82) is 0 Å². The van der Waals surface area contributed by atoms with Crippen LogP contribution in [0.3, 0.4) is 0 Å². The number of imide groups is 1. The Balaban J connectivity index is 1.78. The zero-order chi connectivity index (χ0) is 13.8. The van der Waals surface area contributed by atoms with E-state index in [0.717, 1.165) is 5.56 Å². The number of furan rings is 1. The lowest BCUT2D eigenvalue weighted by Crippen LogP contribution is -2.32. The average Bonchev–Trinajstić information content (AvgIpc) is 2.96. The smallest absolute Gasteiger partial charge is 0.322 e. The fraction of sp³-hybridized carbons (Fsp3) is 0.417. The van der Waals surface area contributed by atoms with Crippen molar-refractivity contribution in [3.8, 4) is 0 Å². The van der Waals surface area contributed by atoms with Gasteiger partial charge in [0.15, 0.2) is 0 Å². The number of hydrogen-bond acceptors (Lipinski definition) is 4. The van der Waals surface area contributed by atoms with E-state index in [2.05, 4.69) is 10.6 Å². The van der Waals surface area contributed by atoms with Crippen molar-refractivity contribution in [3.05, 3.63) is 24.2 Å². The zero-order valence-corrected chi connectivity index (χ0v) is 10.5. The molecule has 0 saturated carbocycles. The summed E-state index contributed by atoms with van der Waals surface area (Å²) in [6, 6.07) is 0.669. The van der Waals surface area contributed by atoms with Crippen molar-refractivity contribution in [2.75, 3.05) is 7.05 Å². The molecular weight excluding hydrogens is 250 g/mol. The minimum absolute atomic E-state index is 0.0878. The molecule has 7 heteroatoms. The van der Waals surface area contributed by atoms with Crippen LogP contribution in [0.2, 0.25) is 0 Å². The maximum Gasteiger partial charge on any atom is 0.322 e. The number of nitrogens with one attached hydrogen (secondary N) is 2. The lowest BCUT2D eigenvalue weighted by molar-refractivity contribution is -0.130. The predicted molar refractivity (Wildman–Crippen MR) is 64.9 cm³/mol. The summed E-state index contributed by atoms with van der Waals surface area (Å²) in [6.07, 6.45) is 3.62. The van der Waals surface area contributed by atoms with Gasteiger partial charge in [-0.05, 0) is 12.5 Å². The van der Waals surface area contributed by atoms with Crippen LogP contribution < -0.4 is 10.6 Å². The van der Waals surface area contributed by atoms with E-state index in [1.54, 1.807) is 30.5 Å². The number of urea groups is 1. The maximum atomic E-state index is 11.9. The summed E-state index contributed by atoms with van der Waals surface area (Å²) in [4.78, 5) is 35.6. The number of rotatable bonds is 5. The predicted octanol–water partition coefficient (Wildman–Crippen LogP) is 0.226. The van der Waals surface area contributed by atoms with Gasteiger partial charge in [0, 0.05) is 25.6 Å². The molecule has 0 aliphatic carbocycles. The minimum atomic E-state index is -0.612. The maximum absolute atomic E-state index is 11.9. The van der Waals surface area contributed by atoms with Gasteiger partial charge < -0.3 is 14.6 Å². The second-order valence-corrected chi connectivity index (χ2v) is 4.44. The van der Waals surface area contributed by atoms with Gasteiger partial charge in [-0.25, -0.2) is 4.79 Å². The van der Waals surface area contributed by atoms with E-state index < -0.39 is 12.1 Å². The van der Waals surface area contributed by atoms with Crippen LogP contribution in [0.15, 0.2) is 23.0 Å². The van der Waals surface area contributed by atoms with E-state index in [0.29, 0.717) is 13.0 Å². The number of amides is 4. The fourth-order valence-electron chi connectivity index (χ4n) is 1.87. The lowest BCUT2D eigenvalue weighted by Gasteiger charge is -2.16. The van der Waals surface area contributed by atoms with E-state index in [1.807, 2.05) is 0 Å². The Bertz CT molecular complexity index is 483. The Morgan fingerprint density at radius 1 is 1.47 bits per heavy atom. The third kappa shape index (κ3) is 3.34. The second kappa shape index (κ2) is 5.55. The van der Waals surface area contributed by atoms with Crippen molar-refractivity contribution >= 4 is 17.8 Å². The molecule has 102 valence electrons. The highest BCUT2D eigenvalue weighted by atomic mass is 16.3. The molecule has 1 fully saturated rings. The summed E-state index contributed by atoms with van der Waals surface area (Å²) in [5, 5.41) is 4.59. The van der Waals surface area contributed by atoms with Gasteiger partial charge in [0.05, 0.1) is 12.5 Å². The molecule has 2 N–H and O–H groups in total. The summed E-state index contributed by atoms with van der Waals surface area (Å²) in [6.45, 7) is 0.457. The molecule has 2 rings (SSSR count). The van der Waals surface area contributed by atoms with Crippen LogP contribution in [0.1, 0.15) is 18.4 Å². The number of nitrogens with zero attached hydrogens (tertiary/aromatic N) is 1. The summed E-state index contributed by atoms with van der Waals surface area (Å²) in [5.74, 6) is -0.467. The first-order valence-electron chi connectivity index (χ1n) is 5.92. The van der Waals surface area contributed by atoms with E-state index in [-0.39, 0.29) is 18.2 Å². The highest BCUT2D eigenvalue weighted by Crippen LogP contribution is 2.08. The average molecular weight is 265 g/mol. The Morgan fingerprint density at radius 3 is 2.84 bits per heavy atom. The molecule has 19 heavy (non-hydrogen) atoms. The molecular formula is C12H15N3O4. The Hall–Kier alpha value is -2.31. The quantitative estimate of drug-likeness (QED) is 0.745. The monoisotopic (exact) mass is 265 g/mol. The fourth-order valence-corrected chi connectivity index (χ4v) is 1.87. The van der Waals surface area contributed by atoms with E-state index in [9.17, 15) is 14.4 Å². The largest absolute Gasteiger partial charge is 0.472 e. The molecule has 7 nitrogen and oxygen atoms in total. The molecule has 0 spiro atoms. The minimum Gasteiger partial charge on any atom is -0.472 e. The molecule has 1 aromatic rings. The first-order chi connectivity index (χ1) is 9.06. The van der Waals surface area contributed by atoms with Crippen LogP contribution in [0, 0.1) is 0 Å². The van der Waals surface area contributed by atoms with E-state index in [4.69, 9.17) is 4.42 Å². The number of carbonyl (C=O) groups is 3. The van der Waals surface area contributed by atoms with Crippen LogP contribution in [0.4, 0.5) is 4.79 Å². The van der Waals surface area contributed by atoms with Crippen LogP contribution in [0.25, 0.3) is 0 Å². The van der Waals surface area contributed by atoms with Crippen molar-refractivity contribution in [3.63, 3.8) is 0 Å². The van der Waals surface area contributed by atoms with E-state index in [1.165, 1.54) is 0 Å². The van der Waals surface area contributed by atoms with Crippen LogP contribution in [-0.4, -0.2) is 35.8 Å². The van der Waals surface area contributed by atoms with Crippen molar-refractivity contribution in [1.82, 2.24) is 15.5 Å².